The van der Waals surface area contributed by atoms with Crippen molar-refractivity contribution in [1.82, 2.24) is 15.0 Å². The Kier molecular flexibility index (Phi) is 5.40. The maximum Gasteiger partial charge on any atom is 0.272 e. The zero-order chi connectivity index (χ0) is 18.7. The second-order valence-electron chi connectivity index (χ2n) is 5.70. The van der Waals surface area contributed by atoms with Crippen molar-refractivity contribution in [2.45, 2.75) is 13.8 Å². The lowest BCUT2D eigenvalue weighted by atomic mass is 10.2. The maximum absolute atomic E-state index is 12.0. The zero-order valence-electron chi connectivity index (χ0n) is 14.2. The number of aromatic nitrogens is 2. The molecule has 132 valence electrons. The van der Waals surface area contributed by atoms with E-state index in [4.69, 9.17) is 23.2 Å². The fraction of sp³-hybridized carbons (Fsp3) is 0.105. The number of hydrogen-bond donors (Lipinski definition) is 1. The minimum atomic E-state index is -0.318. The summed E-state index contributed by atoms with van der Waals surface area (Å²) in [6.07, 6.45) is 4.69. The molecule has 3 rings (SSSR count). The average molecular weight is 387 g/mol. The third-order valence-corrected chi connectivity index (χ3v) is 4.47. The number of hydrazone groups is 1. The van der Waals surface area contributed by atoms with Crippen LogP contribution in [0.2, 0.25) is 10.0 Å². The van der Waals surface area contributed by atoms with E-state index in [1.165, 1.54) is 6.20 Å². The van der Waals surface area contributed by atoms with Gasteiger partial charge < -0.3 is 4.57 Å². The van der Waals surface area contributed by atoms with Crippen LogP contribution in [-0.4, -0.2) is 21.7 Å². The Balaban J connectivity index is 1.84. The van der Waals surface area contributed by atoms with Gasteiger partial charge in [-0.2, -0.15) is 5.10 Å². The number of carbonyl (C=O) groups excluding carboxylic acids is 1. The third kappa shape index (κ3) is 3.79. The Bertz CT molecular complexity index is 981. The van der Waals surface area contributed by atoms with Gasteiger partial charge in [-0.05, 0) is 50.2 Å². The second-order valence-corrected chi connectivity index (χ2v) is 6.54. The Hall–Kier alpha value is -2.63. The summed E-state index contributed by atoms with van der Waals surface area (Å²) >= 11 is 12.4. The number of pyridine rings is 1. The van der Waals surface area contributed by atoms with Crippen LogP contribution in [0.5, 0.6) is 0 Å². The van der Waals surface area contributed by atoms with E-state index >= 15 is 0 Å². The standard InChI is InChI=1S/C19H16Cl2N4O/c1-12-8-15(11-23-24-19(26)14-4-3-7-22-10-14)13(2)25(12)18-9-16(20)5-6-17(18)21/h3-11H,1-2H3,(H,24,26)/b23-11-. The molecule has 0 aliphatic heterocycles. The molecule has 0 unspecified atom stereocenters. The molecular formula is C19H16Cl2N4O. The average Bonchev–Trinajstić information content (AvgIpc) is 2.91. The van der Waals surface area contributed by atoms with Crippen molar-refractivity contribution in [2.24, 2.45) is 5.10 Å². The first kappa shape index (κ1) is 18.2. The number of amides is 1. The quantitative estimate of drug-likeness (QED) is 0.527. The van der Waals surface area contributed by atoms with E-state index in [9.17, 15) is 4.79 Å². The predicted octanol–water partition coefficient (Wildman–Crippen LogP) is 4.56. The van der Waals surface area contributed by atoms with Gasteiger partial charge in [0.25, 0.3) is 5.91 Å². The smallest absolute Gasteiger partial charge is 0.272 e. The third-order valence-electron chi connectivity index (χ3n) is 3.91. The first-order valence-corrected chi connectivity index (χ1v) is 8.61. The van der Waals surface area contributed by atoms with E-state index in [0.29, 0.717) is 15.6 Å². The van der Waals surface area contributed by atoms with Gasteiger partial charge in [-0.15, -0.1) is 0 Å². The van der Waals surface area contributed by atoms with Gasteiger partial charge in [-0.1, -0.05) is 23.2 Å². The highest BCUT2D eigenvalue weighted by molar-refractivity contribution is 6.34. The number of benzene rings is 1. The molecule has 2 aromatic heterocycles. The van der Waals surface area contributed by atoms with Crippen molar-refractivity contribution >= 4 is 35.3 Å². The van der Waals surface area contributed by atoms with Gasteiger partial charge in [0, 0.05) is 34.4 Å². The van der Waals surface area contributed by atoms with Crippen molar-refractivity contribution in [1.29, 1.82) is 0 Å². The van der Waals surface area contributed by atoms with Gasteiger partial charge in [0.2, 0.25) is 0 Å². The van der Waals surface area contributed by atoms with Gasteiger partial charge in [-0.25, -0.2) is 5.43 Å². The molecule has 5 nitrogen and oxygen atoms in total. The molecule has 26 heavy (non-hydrogen) atoms. The SMILES string of the molecule is Cc1cc(/C=N\NC(=O)c2cccnc2)c(C)n1-c1cc(Cl)ccc1Cl. The summed E-state index contributed by atoms with van der Waals surface area (Å²) < 4.78 is 2.00. The predicted molar refractivity (Wildman–Crippen MR) is 105 cm³/mol. The molecule has 1 amide bonds. The Morgan fingerprint density at radius 1 is 1.23 bits per heavy atom. The lowest BCUT2D eigenvalue weighted by Gasteiger charge is -2.12. The number of nitrogens with one attached hydrogen (secondary N) is 1. The van der Waals surface area contributed by atoms with Crippen LogP contribution in [0.3, 0.4) is 0 Å². The number of carbonyl (C=O) groups is 1. The molecule has 3 aromatic rings. The Morgan fingerprint density at radius 3 is 2.77 bits per heavy atom. The molecule has 0 saturated carbocycles. The summed E-state index contributed by atoms with van der Waals surface area (Å²) in [5.41, 5.74) is 6.52. The molecule has 2 heterocycles. The monoisotopic (exact) mass is 386 g/mol. The van der Waals surface area contributed by atoms with Crippen molar-refractivity contribution in [3.8, 4) is 5.69 Å². The van der Waals surface area contributed by atoms with Crippen LogP contribution in [0.15, 0.2) is 53.9 Å². The molecule has 7 heteroatoms. The summed E-state index contributed by atoms with van der Waals surface area (Å²) in [5.74, 6) is -0.318. The summed E-state index contributed by atoms with van der Waals surface area (Å²) in [6, 6.07) is 10.7. The molecular weight excluding hydrogens is 371 g/mol. The maximum atomic E-state index is 12.0. The second kappa shape index (κ2) is 7.72. The summed E-state index contributed by atoms with van der Waals surface area (Å²) in [7, 11) is 0. The van der Waals surface area contributed by atoms with Crippen LogP contribution >= 0.6 is 23.2 Å². The largest absolute Gasteiger partial charge is 0.316 e. The van der Waals surface area contributed by atoms with E-state index < -0.39 is 0 Å². The van der Waals surface area contributed by atoms with E-state index in [0.717, 1.165) is 22.6 Å². The van der Waals surface area contributed by atoms with Gasteiger partial charge in [0.15, 0.2) is 0 Å². The fourth-order valence-corrected chi connectivity index (χ4v) is 3.04. The van der Waals surface area contributed by atoms with Crippen molar-refractivity contribution < 1.29 is 4.79 Å². The van der Waals surface area contributed by atoms with Gasteiger partial charge in [-0.3, -0.25) is 9.78 Å². The number of hydrogen-bond acceptors (Lipinski definition) is 3. The highest BCUT2D eigenvalue weighted by Crippen LogP contribution is 2.28. The molecule has 0 fully saturated rings. The Labute approximate surface area is 161 Å². The van der Waals surface area contributed by atoms with Crippen molar-refractivity contribution in [3.05, 3.63) is 81.4 Å². The topological polar surface area (TPSA) is 59.3 Å². The lowest BCUT2D eigenvalue weighted by molar-refractivity contribution is 0.0955. The highest BCUT2D eigenvalue weighted by Gasteiger charge is 2.13. The van der Waals surface area contributed by atoms with Gasteiger partial charge in [0.1, 0.15) is 0 Å². The lowest BCUT2D eigenvalue weighted by Crippen LogP contribution is -2.17. The minimum Gasteiger partial charge on any atom is -0.316 e. The zero-order valence-corrected chi connectivity index (χ0v) is 15.7. The van der Waals surface area contributed by atoms with E-state index in [1.54, 1.807) is 36.7 Å². The normalized spacial score (nSPS) is 11.1. The van der Waals surface area contributed by atoms with Crippen molar-refractivity contribution in [3.63, 3.8) is 0 Å². The number of nitrogens with zero attached hydrogens (tertiary/aromatic N) is 3. The first-order chi connectivity index (χ1) is 12.5. The van der Waals surface area contributed by atoms with Crippen molar-refractivity contribution in [2.75, 3.05) is 0 Å². The molecule has 0 spiro atoms. The first-order valence-electron chi connectivity index (χ1n) is 7.85. The minimum absolute atomic E-state index is 0.318. The van der Waals surface area contributed by atoms with E-state index in [2.05, 4.69) is 15.5 Å². The van der Waals surface area contributed by atoms with Crippen LogP contribution < -0.4 is 5.43 Å². The Morgan fingerprint density at radius 2 is 2.04 bits per heavy atom. The van der Waals surface area contributed by atoms with Gasteiger partial charge in [0.05, 0.1) is 22.5 Å². The number of rotatable bonds is 4. The molecule has 1 N–H and O–H groups in total. The molecule has 0 atom stereocenters. The number of aryl methyl sites for hydroxylation is 1. The van der Waals surface area contributed by atoms with Gasteiger partial charge >= 0.3 is 0 Å². The molecule has 0 aliphatic rings. The molecule has 0 saturated heterocycles. The van der Waals surface area contributed by atoms with Crippen LogP contribution in [0, 0.1) is 13.8 Å². The summed E-state index contributed by atoms with van der Waals surface area (Å²) in [5, 5.41) is 5.25. The van der Waals surface area contributed by atoms with Crippen LogP contribution in [-0.2, 0) is 0 Å². The summed E-state index contributed by atoms with van der Waals surface area (Å²) in [4.78, 5) is 15.9. The van der Waals surface area contributed by atoms with Crippen LogP contribution in [0.4, 0.5) is 0 Å². The summed E-state index contributed by atoms with van der Waals surface area (Å²) in [6.45, 7) is 3.92. The van der Waals surface area contributed by atoms with E-state index in [1.807, 2.05) is 30.5 Å². The van der Waals surface area contributed by atoms with E-state index in [-0.39, 0.29) is 5.91 Å². The fourth-order valence-electron chi connectivity index (χ4n) is 2.67. The van der Waals surface area contributed by atoms with Crippen LogP contribution in [0.25, 0.3) is 5.69 Å². The molecule has 0 radical (unpaired) electrons. The van der Waals surface area contributed by atoms with Crippen LogP contribution in [0.1, 0.15) is 27.3 Å². The molecule has 0 aliphatic carbocycles. The highest BCUT2D eigenvalue weighted by atomic mass is 35.5. The number of halogens is 2. The molecule has 0 bridgehead atoms. The molecule has 1 aromatic carbocycles.